The quantitative estimate of drug-likeness (QED) is 0.351. The van der Waals surface area contributed by atoms with Gasteiger partial charge in [-0.25, -0.2) is 11.5 Å². The Labute approximate surface area is 111 Å². The molecule has 0 radical (unpaired) electrons. The highest BCUT2D eigenvalue weighted by atomic mass is 127. The van der Waals surface area contributed by atoms with Crippen LogP contribution < -0.4 is 0 Å². The molecule has 2 saturated heterocycles. The Kier molecular flexibility index (Phi) is 3.35. The van der Waals surface area contributed by atoms with Crippen LogP contribution in [0.5, 0.6) is 0 Å². The van der Waals surface area contributed by atoms with Crippen molar-refractivity contribution in [2.75, 3.05) is 26.2 Å². The number of hydrogen-bond acceptors (Lipinski definition) is 3. The number of nitrogens with zero attached hydrogens (tertiary/aromatic N) is 2. The molecule has 0 amide bonds. The zero-order chi connectivity index (χ0) is 10.4. The van der Waals surface area contributed by atoms with Gasteiger partial charge in [0.15, 0.2) is 0 Å². The van der Waals surface area contributed by atoms with Gasteiger partial charge in [0.05, 0.1) is 21.2 Å². The van der Waals surface area contributed by atoms with Crippen LogP contribution in [0.2, 0.25) is 0 Å². The molecule has 2 aliphatic heterocycles. The zero-order valence-electron chi connectivity index (χ0n) is 7.62. The number of halogens is 2. The predicted molar refractivity (Wildman–Crippen MR) is 71.8 cm³/mol. The molecule has 0 atom stereocenters. The van der Waals surface area contributed by atoms with E-state index in [9.17, 15) is 8.42 Å². The Balaban J connectivity index is 1.93. The summed E-state index contributed by atoms with van der Waals surface area (Å²) in [4.78, 5) is 0. The summed E-state index contributed by atoms with van der Waals surface area (Å²) in [5, 5.41) is 0. The molecule has 1 spiro atoms. The van der Waals surface area contributed by atoms with Crippen molar-refractivity contribution in [1.29, 1.82) is 0 Å². The Hall–Kier alpha value is 1.33. The van der Waals surface area contributed by atoms with Crippen molar-refractivity contribution in [3.8, 4) is 0 Å². The van der Waals surface area contributed by atoms with Crippen LogP contribution in [0, 0.1) is 5.41 Å². The van der Waals surface area contributed by atoms with Gasteiger partial charge in [0.1, 0.15) is 0 Å². The van der Waals surface area contributed by atoms with Gasteiger partial charge in [-0.1, -0.05) is 0 Å². The van der Waals surface area contributed by atoms with Crippen LogP contribution in [0.15, 0.2) is 0 Å². The molecule has 0 aromatic carbocycles. The minimum absolute atomic E-state index is 0.430. The molecule has 0 N–H and O–H groups in total. The van der Waals surface area contributed by atoms with Crippen LogP contribution in [-0.4, -0.2) is 42.0 Å². The summed E-state index contributed by atoms with van der Waals surface area (Å²) in [6.07, 6.45) is 2.05. The number of rotatable bonds is 1. The highest BCUT2D eigenvalue weighted by Crippen LogP contribution is 2.42. The fourth-order valence-corrected chi connectivity index (χ4v) is 5.42. The summed E-state index contributed by atoms with van der Waals surface area (Å²) in [6.45, 7) is 3.66. The molecule has 0 bridgehead atoms. The first-order valence-corrected chi connectivity index (χ1v) is 9.47. The van der Waals surface area contributed by atoms with Crippen LogP contribution in [0.3, 0.4) is 0 Å². The van der Waals surface area contributed by atoms with Crippen molar-refractivity contribution in [3.63, 3.8) is 0 Å². The lowest BCUT2D eigenvalue weighted by molar-refractivity contribution is 0.0385. The maximum Gasteiger partial charge on any atom is 0.267 e. The van der Waals surface area contributed by atoms with E-state index >= 15 is 0 Å². The molecule has 2 heterocycles. The second-order valence-corrected chi connectivity index (χ2v) is 10.2. The van der Waals surface area contributed by atoms with E-state index in [4.69, 9.17) is 0 Å². The van der Waals surface area contributed by atoms with Gasteiger partial charge in [0.2, 0.25) is 0 Å². The lowest BCUT2D eigenvalue weighted by Gasteiger charge is -2.51. The van der Waals surface area contributed by atoms with Crippen LogP contribution in [0.4, 0.5) is 0 Å². The molecular formula is C7H12I2N2O2S. The van der Waals surface area contributed by atoms with Gasteiger partial charge >= 0.3 is 0 Å². The first-order valence-electron chi connectivity index (χ1n) is 4.52. The molecule has 0 saturated carbocycles. The van der Waals surface area contributed by atoms with E-state index in [1.807, 2.05) is 0 Å². The van der Waals surface area contributed by atoms with Gasteiger partial charge in [-0.05, 0) is 18.3 Å². The Morgan fingerprint density at radius 3 is 2.00 bits per heavy atom. The van der Waals surface area contributed by atoms with Gasteiger partial charge in [0, 0.05) is 49.0 Å². The van der Waals surface area contributed by atoms with Crippen molar-refractivity contribution in [2.24, 2.45) is 5.41 Å². The third-order valence-corrected chi connectivity index (χ3v) is 6.44. The third-order valence-electron chi connectivity index (χ3n) is 3.11. The normalized spacial score (nSPS) is 29.0. The monoisotopic (exact) mass is 442 g/mol. The standard InChI is InChI=1S/C7H12I2N2O2S/c8-10-5-7(6-10)1-3-11(4-2-7)14(9,12)13/h1-6H2. The Morgan fingerprint density at radius 2 is 1.64 bits per heavy atom. The second-order valence-electron chi connectivity index (χ2n) is 4.12. The van der Waals surface area contributed by atoms with Crippen molar-refractivity contribution in [2.45, 2.75) is 12.8 Å². The van der Waals surface area contributed by atoms with E-state index in [1.165, 1.54) is 21.2 Å². The lowest BCUT2D eigenvalue weighted by Crippen LogP contribution is -2.56. The van der Waals surface area contributed by atoms with Crippen LogP contribution in [0.1, 0.15) is 12.8 Å². The van der Waals surface area contributed by atoms with Crippen molar-refractivity contribution in [3.05, 3.63) is 0 Å². The van der Waals surface area contributed by atoms with Crippen LogP contribution >= 0.6 is 44.1 Å². The van der Waals surface area contributed by atoms with E-state index in [2.05, 4.69) is 26.0 Å². The first-order chi connectivity index (χ1) is 6.41. The van der Waals surface area contributed by atoms with Gasteiger partial charge in [-0.15, -0.1) is 0 Å². The molecule has 4 nitrogen and oxygen atoms in total. The Morgan fingerprint density at radius 1 is 1.14 bits per heavy atom. The molecule has 0 aromatic heterocycles. The fraction of sp³-hybridized carbons (Fsp3) is 1.00. The SMILES string of the molecule is O=S(=O)(I)N1CCC2(CC1)CN(I)C2. The first kappa shape index (κ1) is 11.8. The van der Waals surface area contributed by atoms with Gasteiger partial charge in [0.25, 0.3) is 7.19 Å². The summed E-state index contributed by atoms with van der Waals surface area (Å²) in [6, 6.07) is 0. The van der Waals surface area contributed by atoms with E-state index in [-0.39, 0.29) is 0 Å². The summed E-state index contributed by atoms with van der Waals surface area (Å²) < 4.78 is 26.4. The summed E-state index contributed by atoms with van der Waals surface area (Å²) >= 11 is 3.86. The van der Waals surface area contributed by atoms with Gasteiger partial charge in [-0.3, -0.25) is 0 Å². The molecule has 14 heavy (non-hydrogen) atoms. The molecule has 0 aromatic rings. The summed E-state index contributed by atoms with van der Waals surface area (Å²) in [7, 11) is -2.99. The molecule has 2 fully saturated rings. The minimum Gasteiger partial charge on any atom is -0.246 e. The topological polar surface area (TPSA) is 40.6 Å². The van der Waals surface area contributed by atoms with E-state index < -0.39 is 7.19 Å². The van der Waals surface area contributed by atoms with Crippen molar-refractivity contribution >= 4 is 51.3 Å². The second kappa shape index (κ2) is 3.97. The van der Waals surface area contributed by atoms with Crippen molar-refractivity contribution in [1.82, 2.24) is 7.42 Å². The molecule has 2 aliphatic rings. The third kappa shape index (κ3) is 2.36. The smallest absolute Gasteiger partial charge is 0.246 e. The highest BCUT2D eigenvalue weighted by Gasteiger charge is 2.45. The average molecular weight is 442 g/mol. The molecule has 0 aliphatic carbocycles. The van der Waals surface area contributed by atoms with E-state index in [0.29, 0.717) is 18.5 Å². The highest BCUT2D eigenvalue weighted by molar-refractivity contribution is 14.2. The van der Waals surface area contributed by atoms with E-state index in [1.54, 1.807) is 4.31 Å². The maximum absolute atomic E-state index is 11.3. The number of hydrogen-bond donors (Lipinski definition) is 0. The molecule has 82 valence electrons. The van der Waals surface area contributed by atoms with Crippen LogP contribution in [-0.2, 0) is 7.19 Å². The molecule has 0 unspecified atom stereocenters. The molecule has 2 rings (SSSR count). The Bertz CT molecular complexity index is 317. The summed E-state index contributed by atoms with van der Waals surface area (Å²) in [5.74, 6) is 0. The predicted octanol–water partition coefficient (Wildman–Crippen LogP) is 1.41. The minimum atomic E-state index is -2.99. The van der Waals surface area contributed by atoms with Crippen LogP contribution in [0.25, 0.3) is 0 Å². The van der Waals surface area contributed by atoms with Gasteiger partial charge < -0.3 is 0 Å². The maximum atomic E-state index is 11.3. The summed E-state index contributed by atoms with van der Waals surface area (Å²) in [5.41, 5.74) is 0.430. The van der Waals surface area contributed by atoms with Gasteiger partial charge in [-0.2, -0.15) is 4.31 Å². The van der Waals surface area contributed by atoms with Crippen molar-refractivity contribution < 1.29 is 8.42 Å². The average Bonchev–Trinajstić information content (AvgIpc) is 2.01. The largest absolute Gasteiger partial charge is 0.267 e. The van der Waals surface area contributed by atoms with E-state index in [0.717, 1.165) is 25.9 Å². The lowest BCUT2D eigenvalue weighted by atomic mass is 9.74. The molecular weight excluding hydrogens is 430 g/mol. The number of piperidine rings is 1. The molecule has 7 heteroatoms. The fourth-order valence-electron chi connectivity index (χ4n) is 2.18. The zero-order valence-corrected chi connectivity index (χ0v) is 12.7.